The highest BCUT2D eigenvalue weighted by molar-refractivity contribution is 6.30. The number of nitrogen functional groups attached to an aromatic ring is 1. The SMILES string of the molecule is Nc1ccc(Cl)cc1C(F)(F)c1ccncc1. The predicted molar refractivity (Wildman–Crippen MR) is 63.1 cm³/mol. The van der Waals surface area contributed by atoms with Crippen LogP contribution >= 0.6 is 11.6 Å². The molecule has 0 saturated carbocycles. The number of hydrogen-bond acceptors (Lipinski definition) is 2. The van der Waals surface area contributed by atoms with E-state index < -0.39 is 5.92 Å². The van der Waals surface area contributed by atoms with Gasteiger partial charge >= 0.3 is 5.92 Å². The van der Waals surface area contributed by atoms with Gasteiger partial charge in [-0.2, -0.15) is 8.78 Å². The highest BCUT2D eigenvalue weighted by Gasteiger charge is 2.35. The average molecular weight is 255 g/mol. The van der Waals surface area contributed by atoms with Gasteiger partial charge in [-0.05, 0) is 30.3 Å². The third kappa shape index (κ3) is 2.22. The van der Waals surface area contributed by atoms with Crippen molar-refractivity contribution in [2.45, 2.75) is 5.92 Å². The first-order chi connectivity index (χ1) is 8.01. The van der Waals surface area contributed by atoms with Gasteiger partial charge in [0.05, 0.1) is 0 Å². The molecule has 0 saturated heterocycles. The van der Waals surface area contributed by atoms with Gasteiger partial charge in [0.1, 0.15) is 0 Å². The van der Waals surface area contributed by atoms with E-state index in [4.69, 9.17) is 17.3 Å². The largest absolute Gasteiger partial charge is 0.398 e. The van der Waals surface area contributed by atoms with Gasteiger partial charge in [0.2, 0.25) is 0 Å². The minimum Gasteiger partial charge on any atom is -0.398 e. The molecule has 0 aliphatic heterocycles. The Balaban J connectivity index is 2.55. The fourth-order valence-corrected chi connectivity index (χ4v) is 1.69. The molecule has 0 aliphatic carbocycles. The lowest BCUT2D eigenvalue weighted by Crippen LogP contribution is -2.17. The lowest BCUT2D eigenvalue weighted by atomic mass is 10.00. The summed E-state index contributed by atoms with van der Waals surface area (Å²) >= 11 is 5.71. The van der Waals surface area contributed by atoms with Crippen molar-refractivity contribution in [2.24, 2.45) is 0 Å². The van der Waals surface area contributed by atoms with Crippen LogP contribution in [0.2, 0.25) is 5.02 Å². The zero-order chi connectivity index (χ0) is 12.5. The summed E-state index contributed by atoms with van der Waals surface area (Å²) in [7, 11) is 0. The summed E-state index contributed by atoms with van der Waals surface area (Å²) in [6.07, 6.45) is 2.62. The van der Waals surface area contributed by atoms with Crippen molar-refractivity contribution >= 4 is 17.3 Å². The molecule has 1 aromatic heterocycles. The molecule has 0 aliphatic rings. The lowest BCUT2D eigenvalue weighted by Gasteiger charge is -2.19. The first-order valence-corrected chi connectivity index (χ1v) is 5.23. The van der Waals surface area contributed by atoms with Crippen LogP contribution in [0.25, 0.3) is 0 Å². The van der Waals surface area contributed by atoms with Gasteiger partial charge < -0.3 is 5.73 Å². The maximum Gasteiger partial charge on any atom is 0.300 e. The summed E-state index contributed by atoms with van der Waals surface area (Å²) in [6, 6.07) is 6.52. The van der Waals surface area contributed by atoms with E-state index in [9.17, 15) is 8.78 Å². The number of benzene rings is 1. The van der Waals surface area contributed by atoms with E-state index in [0.29, 0.717) is 0 Å². The van der Waals surface area contributed by atoms with Crippen molar-refractivity contribution in [1.82, 2.24) is 4.98 Å². The molecule has 2 nitrogen and oxygen atoms in total. The van der Waals surface area contributed by atoms with E-state index in [-0.39, 0.29) is 21.8 Å². The van der Waals surface area contributed by atoms with Crippen molar-refractivity contribution in [1.29, 1.82) is 0 Å². The third-order valence-corrected chi connectivity index (χ3v) is 2.63. The first-order valence-electron chi connectivity index (χ1n) is 4.85. The van der Waals surface area contributed by atoms with Crippen molar-refractivity contribution in [2.75, 3.05) is 5.73 Å². The van der Waals surface area contributed by atoms with E-state index in [0.717, 1.165) is 0 Å². The minimum absolute atomic E-state index is 0.0104. The molecule has 0 unspecified atom stereocenters. The van der Waals surface area contributed by atoms with E-state index in [1.807, 2.05) is 0 Å². The Morgan fingerprint density at radius 1 is 1.12 bits per heavy atom. The molecule has 0 amide bonds. The maximum absolute atomic E-state index is 14.2. The summed E-state index contributed by atoms with van der Waals surface area (Å²) in [4.78, 5) is 3.70. The fourth-order valence-electron chi connectivity index (χ4n) is 1.52. The van der Waals surface area contributed by atoms with Crippen LogP contribution < -0.4 is 5.73 Å². The van der Waals surface area contributed by atoms with Crippen LogP contribution in [0.5, 0.6) is 0 Å². The Labute approximate surface area is 102 Å². The minimum atomic E-state index is -3.18. The molecule has 0 radical (unpaired) electrons. The van der Waals surface area contributed by atoms with Gasteiger partial charge in [-0.1, -0.05) is 11.6 Å². The second-order valence-electron chi connectivity index (χ2n) is 3.54. The second-order valence-corrected chi connectivity index (χ2v) is 3.98. The average Bonchev–Trinajstić information content (AvgIpc) is 2.33. The fraction of sp³-hybridized carbons (Fsp3) is 0.0833. The Hall–Kier alpha value is -1.68. The number of pyridine rings is 1. The van der Waals surface area contributed by atoms with Gasteiger partial charge in [0.15, 0.2) is 0 Å². The number of hydrogen-bond donors (Lipinski definition) is 1. The molecule has 1 aromatic carbocycles. The van der Waals surface area contributed by atoms with Gasteiger partial charge in [0.25, 0.3) is 0 Å². The molecule has 5 heteroatoms. The van der Waals surface area contributed by atoms with Crippen LogP contribution in [0.1, 0.15) is 11.1 Å². The molecule has 2 N–H and O–H groups in total. The standard InChI is InChI=1S/C12H9ClF2N2/c13-9-1-2-11(16)10(7-9)12(14,15)8-3-5-17-6-4-8/h1-7H,16H2. The number of aromatic nitrogens is 1. The summed E-state index contributed by atoms with van der Waals surface area (Å²) < 4.78 is 28.3. The quantitative estimate of drug-likeness (QED) is 0.834. The van der Waals surface area contributed by atoms with Crippen molar-refractivity contribution in [3.63, 3.8) is 0 Å². The zero-order valence-electron chi connectivity index (χ0n) is 8.70. The molecule has 0 atom stereocenters. The number of alkyl halides is 2. The van der Waals surface area contributed by atoms with Crippen molar-refractivity contribution in [3.8, 4) is 0 Å². The molecule has 88 valence electrons. The smallest absolute Gasteiger partial charge is 0.300 e. The molecular formula is C12H9ClF2N2. The second kappa shape index (κ2) is 4.30. The monoisotopic (exact) mass is 254 g/mol. The van der Waals surface area contributed by atoms with Crippen molar-refractivity contribution in [3.05, 3.63) is 58.9 Å². The molecule has 0 bridgehead atoms. The summed E-state index contributed by atoms with van der Waals surface area (Å²) in [5.74, 6) is -3.18. The number of nitrogens with two attached hydrogens (primary N) is 1. The summed E-state index contributed by atoms with van der Waals surface area (Å²) in [5, 5.41) is 0.225. The van der Waals surface area contributed by atoms with E-state index >= 15 is 0 Å². The molecule has 0 fully saturated rings. The number of rotatable bonds is 2. The molecular weight excluding hydrogens is 246 g/mol. The van der Waals surface area contributed by atoms with Crippen LogP contribution in [-0.2, 0) is 5.92 Å². The third-order valence-electron chi connectivity index (χ3n) is 2.40. The van der Waals surface area contributed by atoms with Crippen LogP contribution in [-0.4, -0.2) is 4.98 Å². The maximum atomic E-state index is 14.2. The van der Waals surface area contributed by atoms with Gasteiger partial charge in [-0.25, -0.2) is 0 Å². The Morgan fingerprint density at radius 2 is 1.76 bits per heavy atom. The van der Waals surface area contributed by atoms with Gasteiger partial charge in [-0.3, -0.25) is 4.98 Å². The van der Waals surface area contributed by atoms with Crippen LogP contribution in [0.15, 0.2) is 42.7 Å². The molecule has 2 rings (SSSR count). The molecule has 17 heavy (non-hydrogen) atoms. The first kappa shape index (κ1) is 11.8. The molecule has 2 aromatic rings. The molecule has 0 spiro atoms. The number of anilines is 1. The Morgan fingerprint density at radius 3 is 2.41 bits per heavy atom. The van der Waals surface area contributed by atoms with Crippen LogP contribution in [0.4, 0.5) is 14.5 Å². The highest BCUT2D eigenvalue weighted by atomic mass is 35.5. The zero-order valence-corrected chi connectivity index (χ0v) is 9.46. The van der Waals surface area contributed by atoms with E-state index in [1.165, 1.54) is 42.7 Å². The van der Waals surface area contributed by atoms with Crippen LogP contribution in [0.3, 0.4) is 0 Å². The topological polar surface area (TPSA) is 38.9 Å². The Kier molecular flexibility index (Phi) is 2.98. The van der Waals surface area contributed by atoms with Crippen molar-refractivity contribution < 1.29 is 8.78 Å². The summed E-state index contributed by atoms with van der Waals surface area (Å²) in [5.41, 5.74) is 5.11. The Bertz CT molecular complexity index is 529. The highest BCUT2D eigenvalue weighted by Crippen LogP contribution is 2.39. The van der Waals surface area contributed by atoms with E-state index in [1.54, 1.807) is 0 Å². The van der Waals surface area contributed by atoms with Gasteiger partial charge in [0, 0.05) is 34.2 Å². The normalized spacial score (nSPS) is 11.5. The predicted octanol–water partition coefficient (Wildman–Crippen LogP) is 3.46. The van der Waals surface area contributed by atoms with E-state index in [2.05, 4.69) is 4.98 Å². The van der Waals surface area contributed by atoms with Gasteiger partial charge in [-0.15, -0.1) is 0 Å². The summed E-state index contributed by atoms with van der Waals surface area (Å²) in [6.45, 7) is 0. The lowest BCUT2D eigenvalue weighted by molar-refractivity contribution is 0.0436. The molecule has 1 heterocycles. The van der Waals surface area contributed by atoms with Crippen LogP contribution in [0, 0.1) is 0 Å². The number of halogens is 3. The number of nitrogens with zero attached hydrogens (tertiary/aromatic N) is 1.